The summed E-state index contributed by atoms with van der Waals surface area (Å²) in [6.07, 6.45) is -3.77. The van der Waals surface area contributed by atoms with Gasteiger partial charge in [0.25, 0.3) is 0 Å². The van der Waals surface area contributed by atoms with Crippen molar-refractivity contribution in [2.45, 2.75) is 12.3 Å². The van der Waals surface area contributed by atoms with E-state index in [2.05, 4.69) is 0 Å². The van der Waals surface area contributed by atoms with Crippen molar-refractivity contribution in [1.29, 1.82) is 0 Å². The third kappa shape index (κ3) is 3.69. The Balaban J connectivity index is 0. The third-order valence-electron chi connectivity index (χ3n) is 0.530. The molecule has 0 aliphatic heterocycles. The Morgan fingerprint density at radius 3 is 1.67 bits per heavy atom. The van der Waals surface area contributed by atoms with Crippen LogP contribution in [0.15, 0.2) is 0 Å². The predicted molar refractivity (Wildman–Crippen MR) is 28.4 cm³/mol. The Labute approximate surface area is 59.4 Å². The van der Waals surface area contributed by atoms with Crippen LogP contribution < -0.4 is 0 Å². The zero-order chi connectivity index (χ0) is 6.78. The smallest absolute Gasteiger partial charge is 0.329 e. The Hall–Kier alpha value is 0.160. The lowest BCUT2D eigenvalue weighted by atomic mass is 10.4. The van der Waals surface area contributed by atoms with Crippen LogP contribution in [0.2, 0.25) is 0 Å². The highest BCUT2D eigenvalue weighted by atomic mass is 79.9. The highest BCUT2D eigenvalue weighted by Gasteiger charge is 2.39. The maximum Gasteiger partial charge on any atom is 0.329 e. The molecule has 0 aliphatic rings. The molecular weight excluding hydrogens is 208 g/mol. The number of hydrogen-bond acceptors (Lipinski definition) is 1. The molecule has 0 aromatic rings. The number of halogens is 5. The molecule has 0 aromatic carbocycles. The van der Waals surface area contributed by atoms with Gasteiger partial charge >= 0.3 is 12.3 Å². The van der Waals surface area contributed by atoms with E-state index in [0.717, 1.165) is 0 Å². The number of rotatable bonds is 2. The van der Waals surface area contributed by atoms with Gasteiger partial charge in [0.05, 0.1) is 0 Å². The third-order valence-corrected chi connectivity index (χ3v) is 0.530. The minimum absolute atomic E-state index is 0. The maximum atomic E-state index is 11.3. The standard InChI is InChI=1S/C3H4F4O.BrH/c4-2(5)3(6,7)1-8;/h2,8H,1H2;1H. The largest absolute Gasteiger partial charge is 0.390 e. The van der Waals surface area contributed by atoms with Crippen LogP contribution in [0.5, 0.6) is 0 Å². The van der Waals surface area contributed by atoms with Gasteiger partial charge in [0.2, 0.25) is 0 Å². The van der Waals surface area contributed by atoms with Crippen molar-refractivity contribution >= 4 is 17.0 Å². The normalized spacial score (nSPS) is 11.3. The highest BCUT2D eigenvalue weighted by Crippen LogP contribution is 2.20. The monoisotopic (exact) mass is 212 g/mol. The van der Waals surface area contributed by atoms with Crippen LogP contribution in [0, 0.1) is 0 Å². The van der Waals surface area contributed by atoms with E-state index in [-0.39, 0.29) is 17.0 Å². The first-order valence-electron chi connectivity index (χ1n) is 1.77. The van der Waals surface area contributed by atoms with E-state index >= 15 is 0 Å². The van der Waals surface area contributed by atoms with Crippen molar-refractivity contribution in [3.05, 3.63) is 0 Å². The van der Waals surface area contributed by atoms with Gasteiger partial charge in [-0.3, -0.25) is 0 Å². The van der Waals surface area contributed by atoms with Gasteiger partial charge in [-0.05, 0) is 0 Å². The molecule has 58 valence electrons. The summed E-state index contributed by atoms with van der Waals surface area (Å²) in [5, 5.41) is 7.53. The van der Waals surface area contributed by atoms with Crippen LogP contribution in [0.25, 0.3) is 0 Å². The van der Waals surface area contributed by atoms with Crippen molar-refractivity contribution in [2.24, 2.45) is 0 Å². The van der Waals surface area contributed by atoms with Gasteiger partial charge in [0, 0.05) is 0 Å². The molecule has 0 radical (unpaired) electrons. The first-order chi connectivity index (χ1) is 3.50. The van der Waals surface area contributed by atoms with Gasteiger partial charge in [-0.2, -0.15) is 8.78 Å². The van der Waals surface area contributed by atoms with Crippen LogP contribution in [-0.2, 0) is 0 Å². The average molecular weight is 213 g/mol. The molecule has 0 aliphatic carbocycles. The van der Waals surface area contributed by atoms with Gasteiger partial charge < -0.3 is 5.11 Å². The summed E-state index contributed by atoms with van der Waals surface area (Å²) in [4.78, 5) is 0. The molecule has 9 heavy (non-hydrogen) atoms. The number of aliphatic hydroxyl groups excluding tert-OH is 1. The fourth-order valence-electron chi connectivity index (χ4n) is 0.0690. The van der Waals surface area contributed by atoms with Crippen molar-refractivity contribution in [1.82, 2.24) is 0 Å². The van der Waals surface area contributed by atoms with Crippen LogP contribution in [0.1, 0.15) is 0 Å². The summed E-state index contributed by atoms with van der Waals surface area (Å²) in [6, 6.07) is 0. The van der Waals surface area contributed by atoms with Crippen molar-refractivity contribution in [3.63, 3.8) is 0 Å². The van der Waals surface area contributed by atoms with E-state index in [1.165, 1.54) is 0 Å². The second-order valence-corrected chi connectivity index (χ2v) is 1.22. The Morgan fingerprint density at radius 1 is 1.33 bits per heavy atom. The Morgan fingerprint density at radius 2 is 1.67 bits per heavy atom. The molecule has 0 aromatic heterocycles. The molecule has 0 rings (SSSR count). The van der Waals surface area contributed by atoms with E-state index in [0.29, 0.717) is 0 Å². The molecule has 0 saturated heterocycles. The lowest BCUT2D eigenvalue weighted by Gasteiger charge is -2.09. The highest BCUT2D eigenvalue weighted by molar-refractivity contribution is 8.93. The van der Waals surface area contributed by atoms with Crippen LogP contribution in [0.3, 0.4) is 0 Å². The Kier molecular flexibility index (Phi) is 5.36. The molecule has 0 atom stereocenters. The zero-order valence-electron chi connectivity index (χ0n) is 4.15. The lowest BCUT2D eigenvalue weighted by Crippen LogP contribution is -2.30. The average Bonchev–Trinajstić information content (AvgIpc) is 1.67. The molecule has 0 heterocycles. The predicted octanol–water partition coefficient (Wildman–Crippen LogP) is 1.46. The fourth-order valence-corrected chi connectivity index (χ4v) is 0.0690. The first-order valence-corrected chi connectivity index (χ1v) is 1.77. The van der Waals surface area contributed by atoms with E-state index < -0.39 is 19.0 Å². The van der Waals surface area contributed by atoms with E-state index in [4.69, 9.17) is 5.11 Å². The number of hydrogen-bond donors (Lipinski definition) is 1. The van der Waals surface area contributed by atoms with Crippen molar-refractivity contribution in [2.75, 3.05) is 6.61 Å². The van der Waals surface area contributed by atoms with Crippen LogP contribution >= 0.6 is 17.0 Å². The fraction of sp³-hybridized carbons (Fsp3) is 1.00. The molecule has 0 amide bonds. The SMILES string of the molecule is Br.OCC(F)(F)C(F)F. The van der Waals surface area contributed by atoms with Gasteiger partial charge in [-0.25, -0.2) is 8.78 Å². The molecule has 1 N–H and O–H groups in total. The minimum atomic E-state index is -4.24. The molecule has 0 bridgehead atoms. The van der Waals surface area contributed by atoms with E-state index in [1.54, 1.807) is 0 Å². The topological polar surface area (TPSA) is 20.2 Å². The van der Waals surface area contributed by atoms with Gasteiger partial charge in [-0.15, -0.1) is 17.0 Å². The number of aliphatic hydroxyl groups is 1. The molecular formula is C3H5BrF4O. The van der Waals surface area contributed by atoms with Gasteiger partial charge in [0.15, 0.2) is 0 Å². The van der Waals surface area contributed by atoms with Crippen molar-refractivity contribution in [3.8, 4) is 0 Å². The second kappa shape index (κ2) is 4.05. The van der Waals surface area contributed by atoms with E-state index in [9.17, 15) is 17.6 Å². The van der Waals surface area contributed by atoms with E-state index in [1.807, 2.05) is 0 Å². The molecule has 6 heteroatoms. The van der Waals surface area contributed by atoms with Gasteiger partial charge in [0.1, 0.15) is 6.61 Å². The van der Waals surface area contributed by atoms with Gasteiger partial charge in [-0.1, -0.05) is 0 Å². The van der Waals surface area contributed by atoms with Crippen LogP contribution in [-0.4, -0.2) is 24.1 Å². The molecule has 1 nitrogen and oxygen atoms in total. The minimum Gasteiger partial charge on any atom is -0.390 e. The summed E-state index contributed by atoms with van der Waals surface area (Å²) in [5.41, 5.74) is 0. The number of alkyl halides is 4. The molecule has 0 unspecified atom stereocenters. The molecule has 0 saturated carbocycles. The van der Waals surface area contributed by atoms with Crippen LogP contribution in [0.4, 0.5) is 17.6 Å². The maximum absolute atomic E-state index is 11.3. The Bertz CT molecular complexity index is 76.2. The quantitative estimate of drug-likeness (QED) is 0.688. The summed E-state index contributed by atoms with van der Waals surface area (Å²) in [7, 11) is 0. The lowest BCUT2D eigenvalue weighted by molar-refractivity contribution is -0.153. The summed E-state index contributed by atoms with van der Waals surface area (Å²) >= 11 is 0. The summed E-state index contributed by atoms with van der Waals surface area (Å²) in [5.74, 6) is -4.24. The summed E-state index contributed by atoms with van der Waals surface area (Å²) in [6.45, 7) is -1.80. The first kappa shape index (κ1) is 11.9. The molecule has 0 fully saturated rings. The van der Waals surface area contributed by atoms with Crippen molar-refractivity contribution < 1.29 is 22.7 Å². The summed E-state index contributed by atoms with van der Waals surface area (Å²) < 4.78 is 44.4. The molecule has 0 spiro atoms. The second-order valence-electron chi connectivity index (χ2n) is 1.22. The zero-order valence-corrected chi connectivity index (χ0v) is 5.86.